The molecule has 0 aliphatic heterocycles. The summed E-state index contributed by atoms with van der Waals surface area (Å²) in [6.45, 7) is 3.86. The second kappa shape index (κ2) is 8.54. The van der Waals surface area contributed by atoms with E-state index in [0.717, 1.165) is 22.3 Å². The number of carbonyl (C=O) groups is 3. The van der Waals surface area contributed by atoms with Gasteiger partial charge in [0.25, 0.3) is 0 Å². The SMILES string of the molecule is CCC(C)(CNC(=O)OCC1c2ccccc2-c2ccccc21)C(=O)N(C)C1(C(=O)O)CC1. The number of ether oxygens (including phenoxy) is 1. The summed E-state index contributed by atoms with van der Waals surface area (Å²) >= 11 is 0. The second-order valence-corrected chi connectivity index (χ2v) is 9.29. The van der Waals surface area contributed by atoms with Crippen molar-refractivity contribution in [2.75, 3.05) is 20.2 Å². The van der Waals surface area contributed by atoms with Gasteiger partial charge in [-0.3, -0.25) is 4.79 Å². The summed E-state index contributed by atoms with van der Waals surface area (Å²) in [7, 11) is 1.53. The molecule has 2 N–H and O–H groups in total. The van der Waals surface area contributed by atoms with E-state index < -0.39 is 23.0 Å². The van der Waals surface area contributed by atoms with E-state index in [-0.39, 0.29) is 25.0 Å². The van der Waals surface area contributed by atoms with Crippen LogP contribution in [0.15, 0.2) is 48.5 Å². The Labute approximate surface area is 193 Å². The Hall–Kier alpha value is -3.35. The number of likely N-dealkylation sites (N-methyl/N-ethyl adjacent to an activating group) is 1. The van der Waals surface area contributed by atoms with Gasteiger partial charge in [-0.15, -0.1) is 0 Å². The molecule has 0 heterocycles. The van der Waals surface area contributed by atoms with Crippen molar-refractivity contribution in [2.45, 2.75) is 44.6 Å². The molecular weight excluding hydrogens is 420 g/mol. The maximum atomic E-state index is 13.1. The lowest BCUT2D eigenvalue weighted by atomic mass is 9.85. The maximum Gasteiger partial charge on any atom is 0.407 e. The highest BCUT2D eigenvalue weighted by molar-refractivity contribution is 5.92. The van der Waals surface area contributed by atoms with Crippen LogP contribution in [0.3, 0.4) is 0 Å². The second-order valence-electron chi connectivity index (χ2n) is 9.29. The van der Waals surface area contributed by atoms with Crippen molar-refractivity contribution in [3.63, 3.8) is 0 Å². The predicted molar refractivity (Wildman–Crippen MR) is 124 cm³/mol. The molecule has 0 radical (unpaired) electrons. The maximum absolute atomic E-state index is 13.1. The van der Waals surface area contributed by atoms with E-state index in [1.54, 1.807) is 6.92 Å². The van der Waals surface area contributed by atoms with Crippen LogP contribution in [0.25, 0.3) is 11.1 Å². The lowest BCUT2D eigenvalue weighted by Gasteiger charge is -2.35. The van der Waals surface area contributed by atoms with Crippen LogP contribution in [0.5, 0.6) is 0 Å². The van der Waals surface area contributed by atoms with Crippen molar-refractivity contribution in [2.24, 2.45) is 5.41 Å². The van der Waals surface area contributed by atoms with Crippen LogP contribution < -0.4 is 5.32 Å². The molecule has 174 valence electrons. The van der Waals surface area contributed by atoms with Crippen LogP contribution in [-0.2, 0) is 14.3 Å². The van der Waals surface area contributed by atoms with E-state index in [1.807, 2.05) is 31.2 Å². The Balaban J connectivity index is 1.38. The van der Waals surface area contributed by atoms with Gasteiger partial charge in [0.05, 0.1) is 5.41 Å². The number of fused-ring (bicyclic) bond motifs is 3. The van der Waals surface area contributed by atoms with Crippen LogP contribution in [-0.4, -0.2) is 53.7 Å². The number of hydrogen-bond acceptors (Lipinski definition) is 4. The highest BCUT2D eigenvalue weighted by atomic mass is 16.5. The molecule has 1 unspecified atom stereocenters. The Morgan fingerprint density at radius 3 is 2.12 bits per heavy atom. The predicted octanol–water partition coefficient (Wildman–Crippen LogP) is 4.02. The third kappa shape index (κ3) is 3.96. The van der Waals surface area contributed by atoms with Crippen molar-refractivity contribution in [3.05, 3.63) is 59.7 Å². The molecule has 1 fully saturated rings. The Morgan fingerprint density at radius 1 is 1.09 bits per heavy atom. The van der Waals surface area contributed by atoms with Gasteiger partial charge in [0.2, 0.25) is 5.91 Å². The first-order valence-corrected chi connectivity index (χ1v) is 11.3. The first-order chi connectivity index (χ1) is 15.7. The summed E-state index contributed by atoms with van der Waals surface area (Å²) < 4.78 is 5.57. The zero-order valence-electron chi connectivity index (χ0n) is 19.3. The summed E-state index contributed by atoms with van der Waals surface area (Å²) in [6, 6.07) is 16.2. The molecule has 2 aromatic carbocycles. The molecule has 1 saturated carbocycles. The molecule has 1 atom stereocenters. The minimum absolute atomic E-state index is 0.0428. The molecule has 0 spiro atoms. The van der Waals surface area contributed by atoms with E-state index in [0.29, 0.717) is 19.3 Å². The number of carboxylic acids is 1. The molecule has 0 aromatic heterocycles. The number of hydrogen-bond donors (Lipinski definition) is 2. The van der Waals surface area contributed by atoms with Gasteiger partial charge in [-0.1, -0.05) is 55.5 Å². The molecule has 2 aliphatic rings. The quantitative estimate of drug-likeness (QED) is 0.633. The minimum Gasteiger partial charge on any atom is -0.479 e. The van der Waals surface area contributed by atoms with E-state index in [9.17, 15) is 19.5 Å². The summed E-state index contributed by atoms with van der Waals surface area (Å²) in [5, 5.41) is 12.2. The third-order valence-corrected chi connectivity index (χ3v) is 7.33. The van der Waals surface area contributed by atoms with E-state index >= 15 is 0 Å². The molecule has 33 heavy (non-hydrogen) atoms. The first-order valence-electron chi connectivity index (χ1n) is 11.3. The topological polar surface area (TPSA) is 95.9 Å². The van der Waals surface area contributed by atoms with Crippen molar-refractivity contribution < 1.29 is 24.2 Å². The molecule has 0 saturated heterocycles. The Kier molecular flexibility index (Phi) is 5.91. The Morgan fingerprint density at radius 2 is 1.64 bits per heavy atom. The number of nitrogens with one attached hydrogen (secondary N) is 1. The van der Waals surface area contributed by atoms with Gasteiger partial charge in [-0.05, 0) is 48.4 Å². The van der Waals surface area contributed by atoms with E-state index in [2.05, 4.69) is 29.6 Å². The number of carboxylic acid groups (broad SMARTS) is 1. The summed E-state index contributed by atoms with van der Waals surface area (Å²) in [5.74, 6) is -1.32. The van der Waals surface area contributed by atoms with Gasteiger partial charge in [0, 0.05) is 19.5 Å². The van der Waals surface area contributed by atoms with Gasteiger partial charge in [-0.25, -0.2) is 9.59 Å². The highest BCUT2D eigenvalue weighted by Crippen LogP contribution is 2.45. The molecule has 7 nitrogen and oxygen atoms in total. The average molecular weight is 451 g/mol. The number of amides is 2. The highest BCUT2D eigenvalue weighted by Gasteiger charge is 2.57. The van der Waals surface area contributed by atoms with Crippen LogP contribution in [0.1, 0.15) is 50.2 Å². The molecule has 2 aromatic rings. The summed E-state index contributed by atoms with van der Waals surface area (Å²) in [4.78, 5) is 38.6. The van der Waals surface area contributed by atoms with Crippen LogP contribution in [0, 0.1) is 5.41 Å². The summed E-state index contributed by atoms with van der Waals surface area (Å²) in [5.41, 5.74) is 2.53. The molecule has 4 rings (SSSR count). The van der Waals surface area contributed by atoms with Gasteiger partial charge in [-0.2, -0.15) is 0 Å². The summed E-state index contributed by atoms with van der Waals surface area (Å²) in [6.07, 6.45) is 0.760. The average Bonchev–Trinajstić information content (AvgIpc) is 3.59. The molecular formula is C26H30N2O5. The number of rotatable bonds is 8. The van der Waals surface area contributed by atoms with E-state index in [1.165, 1.54) is 11.9 Å². The molecule has 2 amide bonds. The van der Waals surface area contributed by atoms with E-state index in [4.69, 9.17) is 4.74 Å². The van der Waals surface area contributed by atoms with Gasteiger partial charge >= 0.3 is 12.1 Å². The smallest absolute Gasteiger partial charge is 0.407 e. The molecule has 7 heteroatoms. The number of carbonyl (C=O) groups excluding carboxylic acids is 2. The van der Waals surface area contributed by atoms with Crippen molar-refractivity contribution in [1.29, 1.82) is 0 Å². The number of aliphatic carboxylic acids is 1. The lowest BCUT2D eigenvalue weighted by Crippen LogP contribution is -2.53. The van der Waals surface area contributed by atoms with Crippen molar-refractivity contribution in [3.8, 4) is 11.1 Å². The first kappa shape index (κ1) is 22.8. The minimum atomic E-state index is -1.11. The third-order valence-electron chi connectivity index (χ3n) is 7.33. The largest absolute Gasteiger partial charge is 0.479 e. The molecule has 2 aliphatic carbocycles. The zero-order chi connectivity index (χ0) is 23.8. The van der Waals surface area contributed by atoms with Gasteiger partial charge in [0.1, 0.15) is 12.1 Å². The van der Waals surface area contributed by atoms with Crippen LogP contribution in [0.4, 0.5) is 4.79 Å². The number of nitrogens with zero attached hydrogens (tertiary/aromatic N) is 1. The molecule has 0 bridgehead atoms. The van der Waals surface area contributed by atoms with Crippen LogP contribution in [0.2, 0.25) is 0 Å². The monoisotopic (exact) mass is 450 g/mol. The normalized spacial score (nSPS) is 17.3. The standard InChI is InChI=1S/C26H30N2O5/c1-4-25(2,22(29)28(3)26(13-14-26)23(30)31)16-27-24(32)33-15-21-19-11-7-5-9-17(19)18-10-6-8-12-20(18)21/h5-12,21H,4,13-16H2,1-3H3,(H,27,32)(H,30,31). The zero-order valence-corrected chi connectivity index (χ0v) is 19.3. The lowest BCUT2D eigenvalue weighted by molar-refractivity contribution is -0.155. The number of alkyl carbamates (subject to hydrolysis) is 1. The fourth-order valence-electron chi connectivity index (χ4n) is 4.68. The fraction of sp³-hybridized carbons (Fsp3) is 0.423. The fourth-order valence-corrected chi connectivity index (χ4v) is 4.68. The van der Waals surface area contributed by atoms with Gasteiger partial charge < -0.3 is 20.1 Å². The van der Waals surface area contributed by atoms with Crippen LogP contribution >= 0.6 is 0 Å². The number of benzene rings is 2. The Bertz CT molecular complexity index is 1050. The van der Waals surface area contributed by atoms with Gasteiger partial charge in [0.15, 0.2) is 0 Å². The van der Waals surface area contributed by atoms with Crippen molar-refractivity contribution in [1.82, 2.24) is 10.2 Å². The van der Waals surface area contributed by atoms with Crippen molar-refractivity contribution >= 4 is 18.0 Å².